The third-order valence-corrected chi connectivity index (χ3v) is 4.33. The van der Waals surface area contributed by atoms with E-state index in [-0.39, 0.29) is 30.7 Å². The van der Waals surface area contributed by atoms with Gasteiger partial charge in [0.25, 0.3) is 0 Å². The van der Waals surface area contributed by atoms with Gasteiger partial charge in [-0.2, -0.15) is 0 Å². The summed E-state index contributed by atoms with van der Waals surface area (Å²) >= 11 is 3.35. The van der Waals surface area contributed by atoms with Crippen molar-refractivity contribution in [2.45, 2.75) is 26.3 Å². The summed E-state index contributed by atoms with van der Waals surface area (Å²) in [7, 11) is 0. The highest BCUT2D eigenvalue weighted by Crippen LogP contribution is 2.16. The molecule has 8 heteroatoms. The number of hydrogen-bond acceptors (Lipinski definition) is 5. The van der Waals surface area contributed by atoms with Gasteiger partial charge in [-0.1, -0.05) is 35.8 Å². The van der Waals surface area contributed by atoms with Crippen LogP contribution in [0.1, 0.15) is 20.3 Å². The summed E-state index contributed by atoms with van der Waals surface area (Å²) < 4.78 is 6.02. The molecule has 0 spiro atoms. The first-order valence-electron chi connectivity index (χ1n) is 8.58. The lowest BCUT2D eigenvalue weighted by Crippen LogP contribution is -2.57. The molecule has 2 N–H and O–H groups in total. The Morgan fingerprint density at radius 1 is 1.42 bits per heavy atom. The number of amides is 2. The van der Waals surface area contributed by atoms with Crippen LogP contribution in [0.2, 0.25) is 0 Å². The molecule has 0 saturated carbocycles. The van der Waals surface area contributed by atoms with Crippen LogP contribution < -0.4 is 10.6 Å². The van der Waals surface area contributed by atoms with Crippen molar-refractivity contribution in [1.29, 1.82) is 0 Å². The number of nitrogens with one attached hydrogen (secondary N) is 2. The number of rotatable bonds is 7. The molecule has 2 rings (SSSR count). The standard InChI is InChI=1S/C18H24BrN3O4/c1-12(2)11-26-17(24)9-15-18(25)20-6-7-22(15)10-16(23)21-14-5-3-4-13(19)8-14/h3-5,8,12,15H,6-7,9-11H2,1-2H3,(H,20,25)(H,21,23). The van der Waals surface area contributed by atoms with E-state index in [0.29, 0.717) is 25.4 Å². The molecule has 0 aliphatic carbocycles. The average molecular weight is 426 g/mol. The molecule has 0 radical (unpaired) electrons. The first kappa shape index (κ1) is 20.4. The highest BCUT2D eigenvalue weighted by molar-refractivity contribution is 9.10. The van der Waals surface area contributed by atoms with Crippen molar-refractivity contribution in [1.82, 2.24) is 10.2 Å². The summed E-state index contributed by atoms with van der Waals surface area (Å²) in [5.74, 6) is -0.698. The quantitative estimate of drug-likeness (QED) is 0.650. The van der Waals surface area contributed by atoms with Crippen molar-refractivity contribution in [2.24, 2.45) is 5.92 Å². The number of piperazine rings is 1. The second-order valence-corrected chi connectivity index (χ2v) is 7.53. The lowest BCUT2D eigenvalue weighted by molar-refractivity contribution is -0.149. The fourth-order valence-electron chi connectivity index (χ4n) is 2.60. The Bertz CT molecular complexity index is 666. The number of ether oxygens (including phenoxy) is 1. The van der Waals surface area contributed by atoms with Crippen molar-refractivity contribution in [2.75, 3.05) is 31.6 Å². The van der Waals surface area contributed by atoms with Gasteiger partial charge in [0, 0.05) is 23.2 Å². The number of carbonyl (C=O) groups excluding carboxylic acids is 3. The molecule has 1 atom stereocenters. The molecule has 142 valence electrons. The number of anilines is 1. The number of hydrogen-bond donors (Lipinski definition) is 2. The fraction of sp³-hybridized carbons (Fsp3) is 0.500. The van der Waals surface area contributed by atoms with E-state index in [1.807, 2.05) is 26.0 Å². The van der Waals surface area contributed by atoms with Crippen molar-refractivity contribution < 1.29 is 19.1 Å². The van der Waals surface area contributed by atoms with Gasteiger partial charge in [0.1, 0.15) is 6.04 Å². The van der Waals surface area contributed by atoms with Crippen LogP contribution in [0, 0.1) is 5.92 Å². The second kappa shape index (κ2) is 9.68. The van der Waals surface area contributed by atoms with Gasteiger partial charge in [-0.3, -0.25) is 19.3 Å². The normalized spacial score (nSPS) is 17.7. The molecule has 1 saturated heterocycles. The first-order valence-corrected chi connectivity index (χ1v) is 9.37. The van der Waals surface area contributed by atoms with E-state index < -0.39 is 12.0 Å². The molecule has 1 aliphatic rings. The van der Waals surface area contributed by atoms with Gasteiger partial charge in [0.2, 0.25) is 11.8 Å². The van der Waals surface area contributed by atoms with E-state index in [0.717, 1.165) is 4.47 Å². The third kappa shape index (κ3) is 6.42. The van der Waals surface area contributed by atoms with Gasteiger partial charge >= 0.3 is 5.97 Å². The lowest BCUT2D eigenvalue weighted by atomic mass is 10.1. The molecule has 0 bridgehead atoms. The van der Waals surface area contributed by atoms with Crippen molar-refractivity contribution in [3.8, 4) is 0 Å². The SMILES string of the molecule is CC(C)COC(=O)CC1C(=O)NCCN1CC(=O)Nc1cccc(Br)c1. The highest BCUT2D eigenvalue weighted by Gasteiger charge is 2.33. The van der Waals surface area contributed by atoms with Crippen molar-refractivity contribution in [3.63, 3.8) is 0 Å². The second-order valence-electron chi connectivity index (χ2n) is 6.62. The fourth-order valence-corrected chi connectivity index (χ4v) is 3.00. The topological polar surface area (TPSA) is 87.7 Å². The molecule has 2 amide bonds. The smallest absolute Gasteiger partial charge is 0.307 e. The molecule has 1 heterocycles. The van der Waals surface area contributed by atoms with Gasteiger partial charge in [0.15, 0.2) is 0 Å². The third-order valence-electron chi connectivity index (χ3n) is 3.83. The largest absolute Gasteiger partial charge is 0.465 e. The monoisotopic (exact) mass is 425 g/mol. The van der Waals surface area contributed by atoms with E-state index in [1.54, 1.807) is 17.0 Å². The predicted octanol–water partition coefficient (Wildman–Crippen LogP) is 1.78. The van der Waals surface area contributed by atoms with Gasteiger partial charge < -0.3 is 15.4 Å². The summed E-state index contributed by atoms with van der Waals surface area (Å²) in [5, 5.41) is 5.54. The molecule has 7 nitrogen and oxygen atoms in total. The maximum atomic E-state index is 12.3. The summed E-state index contributed by atoms with van der Waals surface area (Å²) in [6, 6.07) is 6.57. The van der Waals surface area contributed by atoms with E-state index in [1.165, 1.54) is 0 Å². The van der Waals surface area contributed by atoms with Crippen LogP contribution in [0.4, 0.5) is 5.69 Å². The molecular formula is C18H24BrN3O4. The van der Waals surface area contributed by atoms with Crippen LogP contribution in [0.5, 0.6) is 0 Å². The van der Waals surface area contributed by atoms with Gasteiger partial charge in [-0.15, -0.1) is 0 Å². The summed E-state index contributed by atoms with van der Waals surface area (Å²) in [6.07, 6.45) is -0.0667. The molecule has 1 aliphatic heterocycles. The lowest BCUT2D eigenvalue weighted by Gasteiger charge is -2.33. The van der Waals surface area contributed by atoms with Crippen LogP contribution in [-0.2, 0) is 19.1 Å². The minimum atomic E-state index is -0.698. The Labute approximate surface area is 161 Å². The Kier molecular flexibility index (Phi) is 7.59. The average Bonchev–Trinajstić information content (AvgIpc) is 2.56. The van der Waals surface area contributed by atoms with Gasteiger partial charge in [-0.25, -0.2) is 0 Å². The minimum Gasteiger partial charge on any atom is -0.465 e. The van der Waals surface area contributed by atoms with E-state index in [2.05, 4.69) is 26.6 Å². The van der Waals surface area contributed by atoms with Gasteiger partial charge in [-0.05, 0) is 24.1 Å². The van der Waals surface area contributed by atoms with Crippen LogP contribution in [-0.4, -0.2) is 55.0 Å². The van der Waals surface area contributed by atoms with E-state index >= 15 is 0 Å². The number of halogens is 1. The van der Waals surface area contributed by atoms with Crippen LogP contribution in [0.25, 0.3) is 0 Å². The molecule has 1 aromatic rings. The molecule has 26 heavy (non-hydrogen) atoms. The Morgan fingerprint density at radius 2 is 2.19 bits per heavy atom. The molecule has 1 aromatic carbocycles. The Hall–Kier alpha value is -1.93. The zero-order chi connectivity index (χ0) is 19.1. The van der Waals surface area contributed by atoms with E-state index in [9.17, 15) is 14.4 Å². The van der Waals surface area contributed by atoms with Gasteiger partial charge in [0.05, 0.1) is 19.6 Å². The number of nitrogens with zero attached hydrogens (tertiary/aromatic N) is 1. The Balaban J connectivity index is 1.94. The summed E-state index contributed by atoms with van der Waals surface area (Å²) in [4.78, 5) is 38.2. The maximum absolute atomic E-state index is 12.3. The van der Waals surface area contributed by atoms with Crippen LogP contribution in [0.3, 0.4) is 0 Å². The van der Waals surface area contributed by atoms with Crippen LogP contribution >= 0.6 is 15.9 Å². The van der Waals surface area contributed by atoms with E-state index in [4.69, 9.17) is 4.74 Å². The molecule has 0 aromatic heterocycles. The number of benzene rings is 1. The molecule has 1 fully saturated rings. The summed E-state index contributed by atoms with van der Waals surface area (Å²) in [6.45, 7) is 5.18. The van der Waals surface area contributed by atoms with Crippen molar-refractivity contribution >= 4 is 39.4 Å². The highest BCUT2D eigenvalue weighted by atomic mass is 79.9. The first-order chi connectivity index (χ1) is 12.3. The summed E-state index contributed by atoms with van der Waals surface area (Å²) in [5.41, 5.74) is 0.665. The molecule has 1 unspecified atom stereocenters. The minimum absolute atomic E-state index is 0.0298. The predicted molar refractivity (Wildman–Crippen MR) is 102 cm³/mol. The van der Waals surface area contributed by atoms with Crippen LogP contribution in [0.15, 0.2) is 28.7 Å². The molecular weight excluding hydrogens is 402 g/mol. The number of carbonyl (C=O) groups is 3. The number of esters is 1. The maximum Gasteiger partial charge on any atom is 0.307 e. The zero-order valence-corrected chi connectivity index (χ0v) is 16.5. The Morgan fingerprint density at radius 3 is 2.88 bits per heavy atom. The zero-order valence-electron chi connectivity index (χ0n) is 15.0. The van der Waals surface area contributed by atoms with Crippen molar-refractivity contribution in [3.05, 3.63) is 28.7 Å².